The molecule has 2 fully saturated rings. The highest BCUT2D eigenvalue weighted by molar-refractivity contribution is 6.99. The number of hydrogen-bond acceptors (Lipinski definition) is 19. The highest BCUT2D eigenvalue weighted by Gasteiger charge is 2.65. The predicted octanol–water partition coefficient (Wildman–Crippen LogP) is 2.71. The largest absolute Gasteiger partial charge is 0.498 e. The topological polar surface area (TPSA) is 230 Å². The Morgan fingerprint density at radius 1 is 0.631 bits per heavy atom. The molecule has 0 radical (unpaired) electrons. The number of rotatable bonds is 19. The van der Waals surface area contributed by atoms with Crippen molar-refractivity contribution < 1.29 is 90.1 Å². The zero-order chi connectivity index (χ0) is 48.1. The van der Waals surface area contributed by atoms with Gasteiger partial charge in [0.15, 0.2) is 30.5 Å². The van der Waals surface area contributed by atoms with Gasteiger partial charge in [0.1, 0.15) is 25.4 Å². The Morgan fingerprint density at radius 3 is 1.63 bits per heavy atom. The molecule has 0 unspecified atom stereocenters. The summed E-state index contributed by atoms with van der Waals surface area (Å²) in [6.45, 7) is 12.5. The summed E-state index contributed by atoms with van der Waals surface area (Å²) in [7, 11) is -3.35. The van der Waals surface area contributed by atoms with Gasteiger partial charge in [-0.25, -0.2) is 4.79 Å². The van der Waals surface area contributed by atoms with Gasteiger partial charge in [0, 0.05) is 41.5 Å². The molecule has 20 heteroatoms. The molecule has 2 saturated heterocycles. The van der Waals surface area contributed by atoms with Gasteiger partial charge in [-0.15, -0.1) is 0 Å². The molecule has 0 bridgehead atoms. The summed E-state index contributed by atoms with van der Waals surface area (Å²) < 4.78 is 71.3. The predicted molar refractivity (Wildman–Crippen MR) is 227 cm³/mol. The van der Waals surface area contributed by atoms with Gasteiger partial charge in [0.2, 0.25) is 12.1 Å². The van der Waals surface area contributed by atoms with Crippen LogP contribution in [0.25, 0.3) is 0 Å². The van der Waals surface area contributed by atoms with Crippen LogP contribution in [0.5, 0.6) is 0 Å². The second-order valence-corrected chi connectivity index (χ2v) is 20.4. The van der Waals surface area contributed by atoms with Crippen LogP contribution in [0.2, 0.25) is 5.04 Å². The number of ether oxygens (including phenoxy) is 11. The van der Waals surface area contributed by atoms with E-state index in [2.05, 4.69) is 0 Å². The molecular weight excluding hydrogens is 873 g/mol. The Morgan fingerprint density at radius 2 is 1.14 bits per heavy atom. The molecule has 19 nitrogen and oxygen atoms in total. The number of carbonyl (C=O) groups is 7. The van der Waals surface area contributed by atoms with Crippen molar-refractivity contribution >= 4 is 60.5 Å². The first-order chi connectivity index (χ1) is 30.6. The lowest BCUT2D eigenvalue weighted by Crippen LogP contribution is -2.67. The van der Waals surface area contributed by atoms with Crippen molar-refractivity contribution in [2.24, 2.45) is 0 Å². The summed E-state index contributed by atoms with van der Waals surface area (Å²) >= 11 is 0. The lowest BCUT2D eigenvalue weighted by Gasteiger charge is -2.46. The highest BCUT2D eigenvalue weighted by Crippen LogP contribution is 2.43. The van der Waals surface area contributed by atoms with E-state index in [1.54, 1.807) is 6.92 Å². The third kappa shape index (κ3) is 13.4. The zero-order valence-electron chi connectivity index (χ0n) is 38.1. The average Bonchev–Trinajstić information content (AvgIpc) is 3.48. The molecule has 2 aliphatic rings. The van der Waals surface area contributed by atoms with Gasteiger partial charge < -0.3 is 56.5 Å². The second-order valence-electron chi connectivity index (χ2n) is 16.1. The van der Waals surface area contributed by atoms with Crippen molar-refractivity contribution in [1.82, 2.24) is 0 Å². The molecule has 2 aromatic rings. The van der Waals surface area contributed by atoms with Crippen LogP contribution in [0.3, 0.4) is 0 Å². The lowest BCUT2D eigenvalue weighted by atomic mass is 9.97. The maximum absolute atomic E-state index is 13.0. The fourth-order valence-electron chi connectivity index (χ4n) is 7.77. The van der Waals surface area contributed by atoms with Crippen LogP contribution in [0.4, 0.5) is 0 Å². The van der Waals surface area contributed by atoms with Crippen LogP contribution in [0, 0.1) is 0 Å². The molecule has 356 valence electrons. The second kappa shape index (κ2) is 23.0. The Hall–Kier alpha value is -5.67. The minimum atomic E-state index is -3.35. The van der Waals surface area contributed by atoms with Gasteiger partial charge in [-0.3, -0.25) is 28.8 Å². The SMILES string of the molecule is CCOC(=O)/C=C\OC[C@H]1O[C@H](O[C@]2(COC(C)=O)O[C@H](CO[Si](c3ccccc3)(c3ccccc3)C(C)(C)C)[C@@H](OC(C)=O)[C@@H]2OC(C)=O)[C@H](OC(C)=O)[C@@H](OC(C)=O)[C@@H]1OC(C)=O. The van der Waals surface area contributed by atoms with E-state index >= 15 is 0 Å². The summed E-state index contributed by atoms with van der Waals surface area (Å²) in [5.41, 5.74) is 0. The Bertz CT molecular complexity index is 1960. The quantitative estimate of drug-likeness (QED) is 0.0648. The van der Waals surface area contributed by atoms with Crippen molar-refractivity contribution in [2.75, 3.05) is 26.4 Å². The Labute approximate surface area is 378 Å². The van der Waals surface area contributed by atoms with E-state index in [1.165, 1.54) is 0 Å². The zero-order valence-corrected chi connectivity index (χ0v) is 39.1. The normalized spacial score (nSPS) is 25.4. The molecule has 0 amide bonds. The standard InChI is InChI=1S/C45H58O19Si/c1-11-54-37(52)22-23-53-24-35-38(57-28(3)47)40(59-30(5)49)41(60-31(6)50)43(62-35)64-45(26-55-27(2)46)42(61-32(7)51)39(58-29(4)48)36(63-45)25-56-65(44(8,9)10,33-18-14-12-15-19-33)34-20-16-13-17-21-34/h12-23,35-36,38-43H,11,24-26H2,1-10H3/b23-22-/t35-,36-,38-,39-,40+,41-,42+,43-,45+/m1/s1. The van der Waals surface area contributed by atoms with Gasteiger partial charge in [0.05, 0.1) is 25.6 Å². The highest BCUT2D eigenvalue weighted by atomic mass is 28.4. The molecule has 2 heterocycles. The lowest BCUT2D eigenvalue weighted by molar-refractivity contribution is -0.384. The van der Waals surface area contributed by atoms with Crippen LogP contribution in [0.15, 0.2) is 73.0 Å². The number of benzene rings is 2. The molecule has 65 heavy (non-hydrogen) atoms. The van der Waals surface area contributed by atoms with Gasteiger partial charge >= 0.3 is 41.8 Å². The van der Waals surface area contributed by atoms with Crippen LogP contribution >= 0.6 is 0 Å². The fraction of sp³-hybridized carbons (Fsp3) is 0.533. The van der Waals surface area contributed by atoms with Crippen LogP contribution in [-0.4, -0.2) is 131 Å². The number of hydrogen-bond donors (Lipinski definition) is 0. The van der Waals surface area contributed by atoms with E-state index < -0.39 is 123 Å². The third-order valence-corrected chi connectivity index (χ3v) is 15.1. The molecule has 0 aromatic heterocycles. The van der Waals surface area contributed by atoms with Crippen molar-refractivity contribution in [3.05, 3.63) is 73.0 Å². The summed E-state index contributed by atoms with van der Waals surface area (Å²) in [6, 6.07) is 19.2. The average molecular weight is 931 g/mol. The first-order valence-electron chi connectivity index (χ1n) is 20.8. The van der Waals surface area contributed by atoms with Crippen LogP contribution in [0.1, 0.15) is 69.2 Å². The molecule has 2 aromatic carbocycles. The minimum absolute atomic E-state index is 0.0836. The van der Waals surface area contributed by atoms with Crippen LogP contribution < -0.4 is 10.4 Å². The molecule has 0 spiro atoms. The summed E-state index contributed by atoms with van der Waals surface area (Å²) in [6.07, 6.45) is -11.1. The van der Waals surface area contributed by atoms with Crippen molar-refractivity contribution in [3.8, 4) is 0 Å². The van der Waals surface area contributed by atoms with Gasteiger partial charge in [-0.05, 0) is 22.3 Å². The van der Waals surface area contributed by atoms with Crippen molar-refractivity contribution in [2.45, 2.75) is 129 Å². The first kappa shape index (κ1) is 52.0. The summed E-state index contributed by atoms with van der Waals surface area (Å²) in [4.78, 5) is 88.5. The monoisotopic (exact) mass is 930 g/mol. The van der Waals surface area contributed by atoms with Gasteiger partial charge in [0.25, 0.3) is 8.32 Å². The molecule has 2 aliphatic heterocycles. The Balaban J connectivity index is 1.92. The maximum atomic E-state index is 13.0. The van der Waals surface area contributed by atoms with Crippen molar-refractivity contribution in [1.29, 1.82) is 0 Å². The number of carbonyl (C=O) groups excluding carboxylic acids is 7. The van der Waals surface area contributed by atoms with Gasteiger partial charge in [-0.2, -0.15) is 0 Å². The van der Waals surface area contributed by atoms with E-state index in [1.807, 2.05) is 81.4 Å². The maximum Gasteiger partial charge on any atom is 0.333 e. The first-order valence-corrected chi connectivity index (χ1v) is 22.7. The molecule has 0 saturated carbocycles. The molecule has 0 N–H and O–H groups in total. The van der Waals surface area contributed by atoms with E-state index in [9.17, 15) is 33.6 Å². The molecule has 9 atom stereocenters. The summed E-state index contributed by atoms with van der Waals surface area (Å²) in [5.74, 6) is -8.51. The minimum Gasteiger partial charge on any atom is -0.498 e. The third-order valence-electron chi connectivity index (χ3n) is 10.1. The Kier molecular flexibility index (Phi) is 18.4. The van der Waals surface area contributed by atoms with Gasteiger partial charge in [-0.1, -0.05) is 81.4 Å². The van der Waals surface area contributed by atoms with E-state index in [-0.39, 0.29) is 13.2 Å². The van der Waals surface area contributed by atoms with Crippen LogP contribution in [-0.2, 0) is 90.1 Å². The smallest absolute Gasteiger partial charge is 0.333 e. The van der Waals surface area contributed by atoms with E-state index in [4.69, 9.17) is 56.5 Å². The molecular formula is C45H58O19Si. The van der Waals surface area contributed by atoms with Crippen molar-refractivity contribution in [3.63, 3.8) is 0 Å². The fourth-order valence-corrected chi connectivity index (χ4v) is 12.3. The van der Waals surface area contributed by atoms with E-state index in [0.717, 1.165) is 64.3 Å². The molecule has 4 rings (SSSR count). The molecule has 0 aliphatic carbocycles. The summed E-state index contributed by atoms with van der Waals surface area (Å²) in [5, 5.41) is 1.23. The number of esters is 7. The van der Waals surface area contributed by atoms with E-state index in [0.29, 0.717) is 0 Å².